The molecular weight excluding hydrogens is 286 g/mol. The zero-order valence-electron chi connectivity index (χ0n) is 15.2. The van der Waals surface area contributed by atoms with Gasteiger partial charge in [0, 0.05) is 6.54 Å². The Labute approximate surface area is 140 Å². The highest BCUT2D eigenvalue weighted by Gasteiger charge is 2.39. The molecule has 1 fully saturated rings. The molecule has 1 atom stereocenters. The summed E-state index contributed by atoms with van der Waals surface area (Å²) in [6, 6.07) is 8.95. The Kier molecular flexibility index (Phi) is 4.88. The van der Waals surface area contributed by atoms with Gasteiger partial charge in [-0.25, -0.2) is 4.79 Å². The highest BCUT2D eigenvalue weighted by molar-refractivity contribution is 5.71. The van der Waals surface area contributed by atoms with E-state index in [1.54, 1.807) is 4.90 Å². The van der Waals surface area contributed by atoms with Crippen molar-refractivity contribution in [2.75, 3.05) is 6.54 Å². The number of carbonyl (C=O) groups is 1. The Bertz CT molecular complexity index is 573. The minimum Gasteiger partial charge on any atom is -0.444 e. The van der Waals surface area contributed by atoms with Crippen molar-refractivity contribution in [2.45, 2.75) is 65.0 Å². The molecule has 0 N–H and O–H groups in total. The molecule has 1 amide bonds. The summed E-state index contributed by atoms with van der Waals surface area (Å²) in [5, 5.41) is 0. The molecule has 1 aliphatic heterocycles. The summed E-state index contributed by atoms with van der Waals surface area (Å²) in [5.41, 5.74) is 2.30. The standard InChI is InChI=1S/C20H29NO2/c1-19(2,3)16-12-10-15(11-13-16)8-7-9-17-14-21(17)18(22)23-20(4,5)6/h7-8,10-13,17H,9,14H2,1-6H3/b8-7+/t17-,21?/m0/s1. The molecule has 1 saturated heterocycles. The second-order valence-electron chi connectivity index (χ2n) is 8.30. The Balaban J connectivity index is 1.81. The molecule has 0 aliphatic carbocycles. The molecule has 3 heteroatoms. The molecule has 1 aliphatic rings. The first kappa shape index (κ1) is 17.6. The van der Waals surface area contributed by atoms with E-state index in [0.717, 1.165) is 13.0 Å². The van der Waals surface area contributed by atoms with Gasteiger partial charge in [-0.1, -0.05) is 57.2 Å². The summed E-state index contributed by atoms with van der Waals surface area (Å²) in [5.74, 6) is 0. The van der Waals surface area contributed by atoms with E-state index in [4.69, 9.17) is 4.74 Å². The molecule has 1 heterocycles. The fourth-order valence-corrected chi connectivity index (χ4v) is 2.38. The predicted molar refractivity (Wildman–Crippen MR) is 95.5 cm³/mol. The fraction of sp³-hybridized carbons (Fsp3) is 0.550. The van der Waals surface area contributed by atoms with Crippen LogP contribution >= 0.6 is 0 Å². The van der Waals surface area contributed by atoms with Gasteiger partial charge in [0.05, 0.1) is 6.04 Å². The summed E-state index contributed by atoms with van der Waals surface area (Å²) in [6.07, 6.45) is 4.94. The zero-order valence-corrected chi connectivity index (χ0v) is 15.2. The van der Waals surface area contributed by atoms with E-state index in [-0.39, 0.29) is 17.6 Å². The van der Waals surface area contributed by atoms with Crippen LogP contribution in [0.1, 0.15) is 59.1 Å². The average molecular weight is 315 g/mol. The van der Waals surface area contributed by atoms with Gasteiger partial charge in [-0.05, 0) is 43.7 Å². The third kappa shape index (κ3) is 5.42. The van der Waals surface area contributed by atoms with Crippen LogP contribution in [-0.2, 0) is 10.2 Å². The first-order valence-corrected chi connectivity index (χ1v) is 8.33. The van der Waals surface area contributed by atoms with E-state index >= 15 is 0 Å². The van der Waals surface area contributed by atoms with E-state index in [1.165, 1.54) is 11.1 Å². The molecular formula is C20H29NO2. The van der Waals surface area contributed by atoms with Crippen molar-refractivity contribution < 1.29 is 9.53 Å². The molecule has 0 unspecified atom stereocenters. The Morgan fingerprint density at radius 2 is 1.78 bits per heavy atom. The third-order valence-electron chi connectivity index (χ3n) is 3.84. The maximum Gasteiger partial charge on any atom is 0.410 e. The number of carbonyl (C=O) groups excluding carboxylic acids is 1. The smallest absolute Gasteiger partial charge is 0.410 e. The molecule has 0 bridgehead atoms. The van der Waals surface area contributed by atoms with Crippen LogP contribution in [0.15, 0.2) is 30.3 Å². The van der Waals surface area contributed by atoms with Crippen molar-refractivity contribution in [3.63, 3.8) is 0 Å². The Morgan fingerprint density at radius 3 is 2.30 bits per heavy atom. The number of benzene rings is 1. The maximum absolute atomic E-state index is 11.9. The first-order valence-electron chi connectivity index (χ1n) is 8.33. The Hall–Kier alpha value is -1.77. The summed E-state index contributed by atoms with van der Waals surface area (Å²) in [4.78, 5) is 13.7. The number of nitrogens with zero attached hydrogens (tertiary/aromatic N) is 1. The van der Waals surface area contributed by atoms with Gasteiger partial charge in [0.2, 0.25) is 0 Å². The topological polar surface area (TPSA) is 29.3 Å². The molecule has 0 aromatic heterocycles. The van der Waals surface area contributed by atoms with Gasteiger partial charge < -0.3 is 9.64 Å². The van der Waals surface area contributed by atoms with Crippen LogP contribution in [-0.4, -0.2) is 29.2 Å². The van der Waals surface area contributed by atoms with Gasteiger partial charge in [-0.3, -0.25) is 0 Å². The molecule has 1 aromatic rings. The van der Waals surface area contributed by atoms with Crippen LogP contribution < -0.4 is 0 Å². The number of hydrogen-bond acceptors (Lipinski definition) is 2. The van der Waals surface area contributed by atoms with Crippen LogP contribution in [0.25, 0.3) is 6.08 Å². The highest BCUT2D eigenvalue weighted by Crippen LogP contribution is 2.25. The lowest BCUT2D eigenvalue weighted by molar-refractivity contribution is 0.0407. The van der Waals surface area contributed by atoms with Crippen LogP contribution in [0.3, 0.4) is 0 Å². The molecule has 0 spiro atoms. The van der Waals surface area contributed by atoms with Crippen molar-refractivity contribution in [1.29, 1.82) is 0 Å². The molecule has 3 nitrogen and oxygen atoms in total. The monoisotopic (exact) mass is 315 g/mol. The SMILES string of the molecule is CC(C)(C)OC(=O)N1C[C@@H]1C/C=C/c1ccc(C(C)(C)C)cc1. The first-order chi connectivity index (χ1) is 10.6. The number of ether oxygens (including phenoxy) is 1. The van der Waals surface area contributed by atoms with E-state index in [2.05, 4.69) is 57.2 Å². The maximum atomic E-state index is 11.9. The summed E-state index contributed by atoms with van der Waals surface area (Å²) >= 11 is 0. The summed E-state index contributed by atoms with van der Waals surface area (Å²) < 4.78 is 5.36. The van der Waals surface area contributed by atoms with Gasteiger partial charge in [-0.2, -0.15) is 0 Å². The van der Waals surface area contributed by atoms with E-state index in [9.17, 15) is 4.79 Å². The van der Waals surface area contributed by atoms with Crippen molar-refractivity contribution in [2.24, 2.45) is 0 Å². The molecule has 0 saturated carbocycles. The van der Waals surface area contributed by atoms with Gasteiger partial charge in [0.25, 0.3) is 0 Å². The van der Waals surface area contributed by atoms with Gasteiger partial charge in [-0.15, -0.1) is 0 Å². The van der Waals surface area contributed by atoms with Crippen molar-refractivity contribution >= 4 is 12.2 Å². The quantitative estimate of drug-likeness (QED) is 0.734. The number of rotatable bonds is 3. The lowest BCUT2D eigenvalue weighted by atomic mass is 9.87. The lowest BCUT2D eigenvalue weighted by Crippen LogP contribution is -2.27. The highest BCUT2D eigenvalue weighted by atomic mass is 16.6. The predicted octanol–water partition coefficient (Wildman–Crippen LogP) is 5.01. The average Bonchev–Trinajstić information content (AvgIpc) is 3.16. The fourth-order valence-electron chi connectivity index (χ4n) is 2.38. The van der Waals surface area contributed by atoms with Crippen LogP contribution in [0.4, 0.5) is 4.79 Å². The minimum atomic E-state index is -0.422. The second-order valence-corrected chi connectivity index (χ2v) is 8.30. The lowest BCUT2D eigenvalue weighted by Gasteiger charge is -2.19. The van der Waals surface area contributed by atoms with Gasteiger partial charge >= 0.3 is 6.09 Å². The number of hydrogen-bond donors (Lipinski definition) is 0. The van der Waals surface area contributed by atoms with E-state index < -0.39 is 5.60 Å². The van der Waals surface area contributed by atoms with Crippen molar-refractivity contribution in [1.82, 2.24) is 4.90 Å². The van der Waals surface area contributed by atoms with E-state index in [0.29, 0.717) is 0 Å². The van der Waals surface area contributed by atoms with Crippen LogP contribution in [0.2, 0.25) is 0 Å². The molecule has 126 valence electrons. The molecule has 0 radical (unpaired) electrons. The zero-order chi connectivity index (χ0) is 17.3. The van der Waals surface area contributed by atoms with Crippen LogP contribution in [0.5, 0.6) is 0 Å². The van der Waals surface area contributed by atoms with Crippen molar-refractivity contribution in [3.05, 3.63) is 41.5 Å². The van der Waals surface area contributed by atoms with Gasteiger partial charge in [0.1, 0.15) is 5.60 Å². The van der Waals surface area contributed by atoms with Gasteiger partial charge in [0.15, 0.2) is 0 Å². The van der Waals surface area contributed by atoms with Crippen molar-refractivity contribution in [3.8, 4) is 0 Å². The molecule has 23 heavy (non-hydrogen) atoms. The Morgan fingerprint density at radius 1 is 1.17 bits per heavy atom. The third-order valence-corrected chi connectivity index (χ3v) is 3.84. The summed E-state index contributed by atoms with van der Waals surface area (Å²) in [7, 11) is 0. The largest absolute Gasteiger partial charge is 0.444 e. The molecule has 2 rings (SSSR count). The minimum absolute atomic E-state index is 0.185. The molecule has 1 aromatic carbocycles. The summed E-state index contributed by atoms with van der Waals surface area (Å²) in [6.45, 7) is 13.1. The van der Waals surface area contributed by atoms with E-state index in [1.807, 2.05) is 20.8 Å². The number of amides is 1. The van der Waals surface area contributed by atoms with Crippen LogP contribution in [0, 0.1) is 0 Å². The second kappa shape index (κ2) is 6.38. The normalized spacial score (nSPS) is 18.3.